The van der Waals surface area contributed by atoms with Gasteiger partial charge in [-0.2, -0.15) is 5.26 Å². The summed E-state index contributed by atoms with van der Waals surface area (Å²) in [5.41, 5.74) is 3.94. The maximum absolute atomic E-state index is 11.8. The predicted molar refractivity (Wildman–Crippen MR) is 66.2 cm³/mol. The molecule has 86 valence electrons. The fraction of sp³-hybridized carbons (Fsp3) is 0.286. The molecule has 0 fully saturated rings. The van der Waals surface area contributed by atoms with Gasteiger partial charge in [0.1, 0.15) is 6.07 Å². The van der Waals surface area contributed by atoms with Gasteiger partial charge in [-0.05, 0) is 31.0 Å². The lowest BCUT2D eigenvalue weighted by Gasteiger charge is -2.04. The molecule has 0 saturated heterocycles. The molecule has 0 bridgehead atoms. The van der Waals surface area contributed by atoms with Crippen LogP contribution >= 0.6 is 0 Å². The molecule has 0 saturated carbocycles. The normalized spacial score (nSPS) is 10.5. The van der Waals surface area contributed by atoms with Gasteiger partial charge < -0.3 is 4.40 Å². The fourth-order valence-electron chi connectivity index (χ4n) is 2.36. The minimum Gasteiger partial charge on any atom is -0.310 e. The molecule has 0 spiro atoms. The average Bonchev–Trinajstić information content (AvgIpc) is 2.63. The van der Waals surface area contributed by atoms with Crippen LogP contribution in [0.3, 0.4) is 0 Å². The van der Waals surface area contributed by atoms with Crippen LogP contribution in [0.15, 0.2) is 18.2 Å². The van der Waals surface area contributed by atoms with Crippen LogP contribution < -0.4 is 0 Å². The third-order valence-corrected chi connectivity index (χ3v) is 3.05. The summed E-state index contributed by atoms with van der Waals surface area (Å²) in [6.45, 7) is 5.46. The Morgan fingerprint density at radius 3 is 2.71 bits per heavy atom. The average molecular weight is 226 g/mol. The summed E-state index contributed by atoms with van der Waals surface area (Å²) in [5, 5.41) is 9.26. The van der Waals surface area contributed by atoms with E-state index in [9.17, 15) is 10.1 Å². The number of rotatable bonds is 2. The minimum absolute atomic E-state index is 0.00708. The van der Waals surface area contributed by atoms with Gasteiger partial charge in [-0.25, -0.2) is 0 Å². The topological polar surface area (TPSA) is 45.3 Å². The summed E-state index contributed by atoms with van der Waals surface area (Å²) in [7, 11) is 0. The van der Waals surface area contributed by atoms with Crippen molar-refractivity contribution in [3.05, 3.63) is 40.7 Å². The van der Waals surface area contributed by atoms with Crippen molar-refractivity contribution in [3.8, 4) is 6.07 Å². The lowest BCUT2D eigenvalue weighted by atomic mass is 10.1. The molecule has 2 aromatic heterocycles. The number of hydrogen-bond donors (Lipinski definition) is 0. The van der Waals surface area contributed by atoms with E-state index in [1.807, 2.05) is 36.4 Å². The third-order valence-electron chi connectivity index (χ3n) is 3.05. The van der Waals surface area contributed by atoms with E-state index in [1.54, 1.807) is 6.92 Å². The number of fused-ring (bicyclic) bond motifs is 1. The van der Waals surface area contributed by atoms with Crippen molar-refractivity contribution in [2.75, 3.05) is 0 Å². The Balaban J connectivity index is 3.05. The smallest absolute Gasteiger partial charge is 0.176 e. The summed E-state index contributed by atoms with van der Waals surface area (Å²) < 4.78 is 1.89. The lowest BCUT2D eigenvalue weighted by Crippen LogP contribution is -2.04. The van der Waals surface area contributed by atoms with Gasteiger partial charge in [0, 0.05) is 12.6 Å². The maximum atomic E-state index is 11.8. The zero-order chi connectivity index (χ0) is 12.6. The van der Waals surface area contributed by atoms with Crippen molar-refractivity contribution in [2.24, 2.45) is 0 Å². The molecule has 3 heteroatoms. The number of carbonyl (C=O) groups excluding carboxylic acids is 1. The summed E-state index contributed by atoms with van der Waals surface area (Å²) in [6, 6.07) is 7.96. The SMILES string of the molecule is CCc1c(C#N)c2cccc(C)n2c1C(C)=O. The lowest BCUT2D eigenvalue weighted by molar-refractivity contribution is 0.101. The quantitative estimate of drug-likeness (QED) is 0.739. The first kappa shape index (κ1) is 11.4. The first-order valence-corrected chi connectivity index (χ1v) is 5.65. The number of pyridine rings is 1. The molecule has 0 aliphatic heterocycles. The van der Waals surface area contributed by atoms with E-state index in [-0.39, 0.29) is 5.78 Å². The van der Waals surface area contributed by atoms with E-state index in [1.165, 1.54) is 0 Å². The van der Waals surface area contributed by atoms with Gasteiger partial charge in [0.05, 0.1) is 16.8 Å². The Labute approximate surface area is 100 Å². The van der Waals surface area contributed by atoms with Gasteiger partial charge in [-0.15, -0.1) is 0 Å². The van der Waals surface area contributed by atoms with Crippen molar-refractivity contribution >= 4 is 11.3 Å². The molecule has 0 amide bonds. The second-order valence-corrected chi connectivity index (χ2v) is 4.11. The molecule has 2 aromatic rings. The van der Waals surface area contributed by atoms with Crippen molar-refractivity contribution in [2.45, 2.75) is 27.2 Å². The molecule has 17 heavy (non-hydrogen) atoms. The molecule has 2 rings (SSSR count). The monoisotopic (exact) mass is 226 g/mol. The van der Waals surface area contributed by atoms with Crippen molar-refractivity contribution in [1.82, 2.24) is 4.40 Å². The minimum atomic E-state index is 0.00708. The zero-order valence-electron chi connectivity index (χ0n) is 10.2. The van der Waals surface area contributed by atoms with E-state index < -0.39 is 0 Å². The molecular formula is C14H14N2O. The number of ketones is 1. The molecule has 0 unspecified atom stereocenters. The summed E-state index contributed by atoms with van der Waals surface area (Å²) in [5.74, 6) is 0.00708. The Morgan fingerprint density at radius 2 is 2.18 bits per heavy atom. The van der Waals surface area contributed by atoms with Crippen LogP contribution in [0.4, 0.5) is 0 Å². The van der Waals surface area contributed by atoms with E-state index in [0.717, 1.165) is 16.8 Å². The first-order valence-electron chi connectivity index (χ1n) is 5.65. The van der Waals surface area contributed by atoms with Crippen LogP contribution in [0.5, 0.6) is 0 Å². The highest BCUT2D eigenvalue weighted by Crippen LogP contribution is 2.25. The van der Waals surface area contributed by atoms with Crippen LogP contribution in [-0.2, 0) is 6.42 Å². The van der Waals surface area contributed by atoms with E-state index in [4.69, 9.17) is 0 Å². The van der Waals surface area contributed by atoms with Crippen LogP contribution in [0, 0.1) is 18.3 Å². The Bertz CT molecular complexity index is 644. The maximum Gasteiger partial charge on any atom is 0.176 e. The number of aryl methyl sites for hydroxylation is 1. The molecule has 2 heterocycles. The fourth-order valence-corrected chi connectivity index (χ4v) is 2.36. The summed E-state index contributed by atoms with van der Waals surface area (Å²) in [4.78, 5) is 11.8. The van der Waals surface area contributed by atoms with Gasteiger partial charge in [0.2, 0.25) is 0 Å². The molecule has 0 aliphatic rings. The van der Waals surface area contributed by atoms with Gasteiger partial charge in [-0.3, -0.25) is 4.79 Å². The van der Waals surface area contributed by atoms with E-state index in [0.29, 0.717) is 17.7 Å². The largest absolute Gasteiger partial charge is 0.310 e. The van der Waals surface area contributed by atoms with Gasteiger partial charge in [0.15, 0.2) is 5.78 Å². The van der Waals surface area contributed by atoms with Crippen LogP contribution in [0.25, 0.3) is 5.52 Å². The number of nitrogens with zero attached hydrogens (tertiary/aromatic N) is 2. The third kappa shape index (κ3) is 1.53. The van der Waals surface area contributed by atoms with Gasteiger partial charge in [0.25, 0.3) is 0 Å². The first-order chi connectivity index (χ1) is 8.11. The van der Waals surface area contributed by atoms with Crippen LogP contribution in [-0.4, -0.2) is 10.2 Å². The predicted octanol–water partition coefficient (Wildman–Crippen LogP) is 2.88. The second kappa shape index (κ2) is 4.06. The number of hydrogen-bond acceptors (Lipinski definition) is 2. The summed E-state index contributed by atoms with van der Waals surface area (Å²) >= 11 is 0. The molecule has 0 radical (unpaired) electrons. The molecule has 0 aliphatic carbocycles. The second-order valence-electron chi connectivity index (χ2n) is 4.11. The Kier molecular flexibility index (Phi) is 2.72. The van der Waals surface area contributed by atoms with Crippen molar-refractivity contribution < 1.29 is 4.79 Å². The van der Waals surface area contributed by atoms with Gasteiger partial charge >= 0.3 is 0 Å². The van der Waals surface area contributed by atoms with Crippen molar-refractivity contribution in [1.29, 1.82) is 5.26 Å². The highest BCUT2D eigenvalue weighted by Gasteiger charge is 2.20. The zero-order valence-corrected chi connectivity index (χ0v) is 10.2. The summed E-state index contributed by atoms with van der Waals surface area (Å²) in [6.07, 6.45) is 0.693. The standard InChI is InChI=1S/C14H14N2O/c1-4-11-12(8-15)13-7-5-6-9(2)16(13)14(11)10(3)17/h5-7H,4H2,1-3H3. The molecule has 0 aromatic carbocycles. The molecular weight excluding hydrogens is 212 g/mol. The Morgan fingerprint density at radius 1 is 1.47 bits per heavy atom. The number of Topliss-reactive ketones (excluding diaryl/α,β-unsaturated/α-hetero) is 1. The molecule has 0 atom stereocenters. The number of nitriles is 1. The van der Waals surface area contributed by atoms with Crippen molar-refractivity contribution in [3.63, 3.8) is 0 Å². The van der Waals surface area contributed by atoms with Crippen LogP contribution in [0.2, 0.25) is 0 Å². The van der Waals surface area contributed by atoms with E-state index in [2.05, 4.69) is 6.07 Å². The number of carbonyl (C=O) groups is 1. The Hall–Kier alpha value is -2.08. The molecule has 0 N–H and O–H groups in total. The number of aromatic nitrogens is 1. The highest BCUT2D eigenvalue weighted by atomic mass is 16.1. The van der Waals surface area contributed by atoms with Crippen LogP contribution in [0.1, 0.15) is 41.2 Å². The van der Waals surface area contributed by atoms with Gasteiger partial charge in [-0.1, -0.05) is 13.0 Å². The highest BCUT2D eigenvalue weighted by molar-refractivity contribution is 5.97. The van der Waals surface area contributed by atoms with E-state index >= 15 is 0 Å². The molecule has 3 nitrogen and oxygen atoms in total.